The van der Waals surface area contributed by atoms with Gasteiger partial charge in [0.2, 0.25) is 15.0 Å². The number of nitrogens with one attached hydrogen (secondary N) is 1. The first-order chi connectivity index (χ1) is 17.3. The summed E-state index contributed by atoms with van der Waals surface area (Å²) in [4.78, 5) is 23.9. The number of aryl methyl sites for hydroxylation is 2. The monoisotopic (exact) mass is 504 g/mol. The molecule has 0 bridgehead atoms. The number of sulfone groups is 1. The van der Waals surface area contributed by atoms with Crippen LogP contribution in [0.15, 0.2) is 82.7 Å². The van der Waals surface area contributed by atoms with Gasteiger partial charge in [-0.25, -0.2) is 18.4 Å². The van der Waals surface area contributed by atoms with Crippen LogP contribution < -0.4 is 10.2 Å². The first kappa shape index (κ1) is 25.1. The first-order valence-electron chi connectivity index (χ1n) is 11.6. The highest BCUT2D eigenvalue weighted by Crippen LogP contribution is 2.26. The Morgan fingerprint density at radius 1 is 1.03 bits per heavy atom. The van der Waals surface area contributed by atoms with Crippen LogP contribution in [0.5, 0.6) is 0 Å². The minimum absolute atomic E-state index is 0.0283. The summed E-state index contributed by atoms with van der Waals surface area (Å²) < 4.78 is 30.7. The molecule has 1 amide bonds. The lowest BCUT2D eigenvalue weighted by Crippen LogP contribution is -2.27. The zero-order chi connectivity index (χ0) is 25.7. The van der Waals surface area contributed by atoms with Crippen LogP contribution in [0, 0.1) is 13.8 Å². The van der Waals surface area contributed by atoms with Crippen molar-refractivity contribution in [3.8, 4) is 0 Å². The van der Waals surface area contributed by atoms with Gasteiger partial charge in [-0.2, -0.15) is 0 Å². The highest BCUT2D eigenvalue weighted by atomic mass is 32.2. The van der Waals surface area contributed by atoms with Crippen LogP contribution in [0.1, 0.15) is 39.9 Å². The molecule has 0 unspecified atom stereocenters. The van der Waals surface area contributed by atoms with Gasteiger partial charge in [-0.15, -0.1) is 0 Å². The summed E-state index contributed by atoms with van der Waals surface area (Å²) >= 11 is 0. The van der Waals surface area contributed by atoms with Crippen molar-refractivity contribution < 1.29 is 17.6 Å². The van der Waals surface area contributed by atoms with Gasteiger partial charge in [-0.3, -0.25) is 4.79 Å². The minimum atomic E-state index is -3.73. The molecule has 0 aliphatic rings. The van der Waals surface area contributed by atoms with E-state index in [1.165, 1.54) is 13.1 Å². The maximum atomic E-state index is 13.6. The van der Waals surface area contributed by atoms with Crippen LogP contribution in [0.3, 0.4) is 0 Å². The first-order valence-corrected chi connectivity index (χ1v) is 13.2. The van der Waals surface area contributed by atoms with E-state index in [-0.39, 0.29) is 16.6 Å². The van der Waals surface area contributed by atoms with Crippen LogP contribution in [0.2, 0.25) is 0 Å². The van der Waals surface area contributed by atoms with Gasteiger partial charge in [0.1, 0.15) is 5.76 Å². The second-order valence-electron chi connectivity index (χ2n) is 8.48. The van der Waals surface area contributed by atoms with Crippen molar-refractivity contribution in [2.75, 3.05) is 16.0 Å². The summed E-state index contributed by atoms with van der Waals surface area (Å²) in [7, 11) is -3.73. The van der Waals surface area contributed by atoms with Crippen molar-refractivity contribution in [2.45, 2.75) is 39.0 Å². The summed E-state index contributed by atoms with van der Waals surface area (Å²) in [5.74, 6) is -0.0220. The molecule has 186 valence electrons. The number of carbonyl (C=O) groups excluding carboxylic acids is 1. The van der Waals surface area contributed by atoms with Crippen molar-refractivity contribution in [3.63, 3.8) is 0 Å². The Kier molecular flexibility index (Phi) is 7.49. The lowest BCUT2D eigenvalue weighted by atomic mass is 10.1. The van der Waals surface area contributed by atoms with E-state index < -0.39 is 15.7 Å². The third-order valence-electron chi connectivity index (χ3n) is 5.73. The fourth-order valence-corrected chi connectivity index (χ4v) is 4.49. The van der Waals surface area contributed by atoms with Crippen molar-refractivity contribution in [1.82, 2.24) is 9.97 Å². The molecule has 0 spiro atoms. The largest absolute Gasteiger partial charge is 0.467 e. The van der Waals surface area contributed by atoms with Crippen molar-refractivity contribution in [2.24, 2.45) is 0 Å². The average molecular weight is 505 g/mol. The zero-order valence-corrected chi connectivity index (χ0v) is 21.2. The standard InChI is InChI=1S/C27H28N4O4S/c1-4-36(33,34)27-28-16-24(25(30-27)26(32)29-23-13-12-19(2)15-20(23)3)31(18-22-11-8-14-35-22)17-21-9-6-5-7-10-21/h5-16H,4,17-18H2,1-3H3,(H,29,32). The van der Waals surface area contributed by atoms with E-state index >= 15 is 0 Å². The molecule has 2 aromatic heterocycles. The van der Waals surface area contributed by atoms with E-state index in [2.05, 4.69) is 15.3 Å². The van der Waals surface area contributed by atoms with E-state index in [0.717, 1.165) is 16.7 Å². The number of anilines is 2. The molecule has 36 heavy (non-hydrogen) atoms. The van der Waals surface area contributed by atoms with Crippen LogP contribution in [0.25, 0.3) is 0 Å². The third kappa shape index (κ3) is 5.80. The number of furan rings is 1. The molecule has 2 aromatic carbocycles. The molecule has 0 saturated heterocycles. The number of benzene rings is 2. The van der Waals surface area contributed by atoms with Crippen LogP contribution in [0.4, 0.5) is 11.4 Å². The highest BCUT2D eigenvalue weighted by molar-refractivity contribution is 7.91. The Hall–Kier alpha value is -3.98. The Bertz CT molecular complexity index is 1450. The third-order valence-corrected chi connectivity index (χ3v) is 7.25. The van der Waals surface area contributed by atoms with Gasteiger partial charge in [0.05, 0.1) is 30.4 Å². The fraction of sp³-hybridized carbons (Fsp3) is 0.222. The van der Waals surface area contributed by atoms with Crippen molar-refractivity contribution in [3.05, 3.63) is 101 Å². The van der Waals surface area contributed by atoms with E-state index in [4.69, 9.17) is 4.42 Å². The van der Waals surface area contributed by atoms with Gasteiger partial charge >= 0.3 is 0 Å². The van der Waals surface area contributed by atoms with E-state index in [1.54, 1.807) is 12.3 Å². The topological polar surface area (TPSA) is 105 Å². The molecule has 8 nitrogen and oxygen atoms in total. The smallest absolute Gasteiger partial charge is 0.276 e. The number of nitrogens with zero attached hydrogens (tertiary/aromatic N) is 3. The SMILES string of the molecule is CCS(=O)(=O)c1ncc(N(Cc2ccccc2)Cc2ccco2)c(C(=O)Nc2ccc(C)cc2C)n1. The Morgan fingerprint density at radius 2 is 1.81 bits per heavy atom. The lowest BCUT2D eigenvalue weighted by molar-refractivity contribution is 0.102. The quantitative estimate of drug-likeness (QED) is 0.322. The van der Waals surface area contributed by atoms with Crippen LogP contribution >= 0.6 is 0 Å². The van der Waals surface area contributed by atoms with Crippen LogP contribution in [-0.2, 0) is 22.9 Å². The highest BCUT2D eigenvalue weighted by Gasteiger charge is 2.25. The predicted octanol–water partition coefficient (Wildman–Crippen LogP) is 4.94. The minimum Gasteiger partial charge on any atom is -0.467 e. The molecular weight excluding hydrogens is 476 g/mol. The number of hydrogen-bond donors (Lipinski definition) is 1. The maximum absolute atomic E-state index is 13.6. The van der Waals surface area contributed by atoms with Gasteiger partial charge < -0.3 is 14.6 Å². The molecule has 0 saturated carbocycles. The molecule has 0 aliphatic carbocycles. The second-order valence-corrected chi connectivity index (χ2v) is 10.7. The zero-order valence-electron chi connectivity index (χ0n) is 20.4. The van der Waals surface area contributed by atoms with Gasteiger partial charge in [0, 0.05) is 12.2 Å². The molecule has 1 N–H and O–H groups in total. The summed E-state index contributed by atoms with van der Waals surface area (Å²) in [5, 5.41) is 2.52. The van der Waals surface area contributed by atoms with Crippen LogP contribution in [-0.4, -0.2) is 30.0 Å². The average Bonchev–Trinajstić information content (AvgIpc) is 3.39. The predicted molar refractivity (Wildman–Crippen MR) is 139 cm³/mol. The van der Waals surface area contributed by atoms with Crippen molar-refractivity contribution in [1.29, 1.82) is 0 Å². The van der Waals surface area contributed by atoms with E-state index in [1.807, 2.05) is 73.3 Å². The number of aromatic nitrogens is 2. The van der Waals surface area contributed by atoms with E-state index in [0.29, 0.717) is 30.2 Å². The molecule has 2 heterocycles. The number of amides is 1. The molecule has 0 radical (unpaired) electrons. The van der Waals surface area contributed by atoms with Gasteiger partial charge in [-0.05, 0) is 43.2 Å². The molecule has 4 rings (SSSR count). The fourth-order valence-electron chi connectivity index (χ4n) is 3.79. The number of carbonyl (C=O) groups is 1. The molecule has 4 aromatic rings. The molecular formula is C27H28N4O4S. The van der Waals surface area contributed by atoms with E-state index in [9.17, 15) is 13.2 Å². The van der Waals surface area contributed by atoms with Crippen molar-refractivity contribution >= 4 is 27.1 Å². The summed E-state index contributed by atoms with van der Waals surface area (Å²) in [6.07, 6.45) is 2.98. The normalized spacial score (nSPS) is 11.3. The second kappa shape index (κ2) is 10.7. The number of hydrogen-bond acceptors (Lipinski definition) is 7. The Labute approximate surface area is 210 Å². The van der Waals surface area contributed by atoms with Gasteiger partial charge in [-0.1, -0.05) is 55.0 Å². The van der Waals surface area contributed by atoms with Gasteiger partial charge in [0.25, 0.3) is 5.91 Å². The number of rotatable bonds is 9. The molecule has 0 aliphatic heterocycles. The summed E-state index contributed by atoms with van der Waals surface area (Å²) in [6.45, 7) is 6.14. The lowest BCUT2D eigenvalue weighted by Gasteiger charge is -2.25. The summed E-state index contributed by atoms with van der Waals surface area (Å²) in [6, 6.07) is 19.0. The molecule has 0 fully saturated rings. The van der Waals surface area contributed by atoms with Gasteiger partial charge in [0.15, 0.2) is 5.69 Å². The summed E-state index contributed by atoms with van der Waals surface area (Å²) in [5.41, 5.74) is 3.94. The molecule has 9 heteroatoms. The molecule has 0 atom stereocenters. The Balaban J connectivity index is 1.80. The Morgan fingerprint density at radius 3 is 2.47 bits per heavy atom. The maximum Gasteiger partial charge on any atom is 0.276 e.